The lowest BCUT2D eigenvalue weighted by Crippen LogP contribution is -2.24. The number of alkyl carbamates (subject to hydrolysis) is 1. The van der Waals surface area contributed by atoms with Crippen LogP contribution in [0.15, 0.2) is 48.5 Å². The molecule has 0 saturated heterocycles. The number of hydrogen-bond donors (Lipinski definition) is 2. The Balaban J connectivity index is 1.50. The molecule has 120 valence electrons. The van der Waals surface area contributed by atoms with Crippen molar-refractivity contribution in [2.75, 3.05) is 6.54 Å². The summed E-state index contributed by atoms with van der Waals surface area (Å²) in [6.45, 7) is 0.893. The minimum absolute atomic E-state index is 0.0729. The molecule has 2 aromatic rings. The van der Waals surface area contributed by atoms with E-state index in [2.05, 4.69) is 22.5 Å². The average molecular weight is 320 g/mol. The van der Waals surface area contributed by atoms with Crippen LogP contribution in [-0.2, 0) is 17.9 Å². The summed E-state index contributed by atoms with van der Waals surface area (Å²) in [6.07, 6.45) is -0.511. The zero-order valence-corrected chi connectivity index (χ0v) is 13.0. The molecule has 0 radical (unpaired) electrons. The van der Waals surface area contributed by atoms with E-state index in [0.717, 1.165) is 16.7 Å². The van der Waals surface area contributed by atoms with Crippen molar-refractivity contribution in [2.24, 2.45) is 0 Å². The Kier molecular flexibility index (Phi) is 4.78. The summed E-state index contributed by atoms with van der Waals surface area (Å²) in [5.74, 6) is 5.78. The highest BCUT2D eigenvalue weighted by molar-refractivity contribution is 5.99. The molecule has 0 bridgehead atoms. The molecule has 0 unspecified atom stereocenters. The molecule has 0 saturated carbocycles. The van der Waals surface area contributed by atoms with E-state index >= 15 is 0 Å². The number of benzene rings is 2. The van der Waals surface area contributed by atoms with Gasteiger partial charge in [-0.05, 0) is 23.3 Å². The van der Waals surface area contributed by atoms with E-state index in [0.29, 0.717) is 12.1 Å². The van der Waals surface area contributed by atoms with Gasteiger partial charge in [0.2, 0.25) is 0 Å². The summed E-state index contributed by atoms with van der Waals surface area (Å²) < 4.78 is 5.10. The Morgan fingerprint density at radius 3 is 2.83 bits per heavy atom. The first-order chi connectivity index (χ1) is 11.7. The highest BCUT2D eigenvalue weighted by atomic mass is 16.5. The minimum atomic E-state index is -0.511. The molecular formula is C19H16N2O3. The Bertz CT molecular complexity index is 819. The van der Waals surface area contributed by atoms with Crippen molar-refractivity contribution in [1.82, 2.24) is 10.6 Å². The van der Waals surface area contributed by atoms with Crippen molar-refractivity contribution in [2.45, 2.75) is 13.2 Å². The number of fused-ring (bicyclic) bond motifs is 1. The zero-order valence-electron chi connectivity index (χ0n) is 13.0. The highest BCUT2D eigenvalue weighted by Gasteiger charge is 2.20. The van der Waals surface area contributed by atoms with Crippen LogP contribution in [0.4, 0.5) is 4.79 Å². The largest absolute Gasteiger partial charge is 0.445 e. The van der Waals surface area contributed by atoms with E-state index < -0.39 is 6.09 Å². The second-order valence-electron chi connectivity index (χ2n) is 5.23. The van der Waals surface area contributed by atoms with Gasteiger partial charge in [0.1, 0.15) is 6.61 Å². The Morgan fingerprint density at radius 1 is 1.17 bits per heavy atom. The second kappa shape index (κ2) is 7.34. The van der Waals surface area contributed by atoms with Crippen LogP contribution in [0.2, 0.25) is 0 Å². The molecule has 5 nitrogen and oxygen atoms in total. The van der Waals surface area contributed by atoms with E-state index in [1.807, 2.05) is 36.4 Å². The number of nitrogens with one attached hydrogen (secondary N) is 2. The van der Waals surface area contributed by atoms with Crippen LogP contribution in [0, 0.1) is 11.8 Å². The molecule has 24 heavy (non-hydrogen) atoms. The predicted octanol–water partition coefficient (Wildman–Crippen LogP) is 2.21. The van der Waals surface area contributed by atoms with Crippen LogP contribution < -0.4 is 10.6 Å². The van der Waals surface area contributed by atoms with Gasteiger partial charge in [-0.1, -0.05) is 48.2 Å². The molecule has 0 spiro atoms. The van der Waals surface area contributed by atoms with Gasteiger partial charge in [0.05, 0.1) is 6.54 Å². The van der Waals surface area contributed by atoms with E-state index in [1.165, 1.54) is 0 Å². The van der Waals surface area contributed by atoms with Gasteiger partial charge in [0.15, 0.2) is 0 Å². The minimum Gasteiger partial charge on any atom is -0.445 e. The topological polar surface area (TPSA) is 67.4 Å². The molecular weight excluding hydrogens is 304 g/mol. The van der Waals surface area contributed by atoms with Crippen molar-refractivity contribution in [3.8, 4) is 11.8 Å². The zero-order chi connectivity index (χ0) is 16.8. The monoisotopic (exact) mass is 320 g/mol. The molecule has 1 aliphatic rings. The molecule has 0 atom stereocenters. The van der Waals surface area contributed by atoms with Crippen LogP contribution in [-0.4, -0.2) is 18.5 Å². The molecule has 2 N–H and O–H groups in total. The first-order valence-electron chi connectivity index (χ1n) is 7.57. The van der Waals surface area contributed by atoms with Gasteiger partial charge < -0.3 is 15.4 Å². The molecule has 2 amide bonds. The third-order valence-electron chi connectivity index (χ3n) is 3.60. The summed E-state index contributed by atoms with van der Waals surface area (Å²) in [5, 5.41) is 5.35. The number of carbonyl (C=O) groups is 2. The van der Waals surface area contributed by atoms with E-state index in [4.69, 9.17) is 4.74 Å². The first-order valence-corrected chi connectivity index (χ1v) is 7.57. The van der Waals surface area contributed by atoms with Crippen LogP contribution in [0.3, 0.4) is 0 Å². The van der Waals surface area contributed by atoms with Gasteiger partial charge in [-0.15, -0.1) is 0 Å². The third-order valence-corrected chi connectivity index (χ3v) is 3.60. The van der Waals surface area contributed by atoms with E-state index in [1.54, 1.807) is 12.1 Å². The number of hydrogen-bond acceptors (Lipinski definition) is 3. The number of carbonyl (C=O) groups excluding carboxylic acids is 2. The first kappa shape index (κ1) is 15.6. The van der Waals surface area contributed by atoms with Crippen molar-refractivity contribution < 1.29 is 14.3 Å². The molecule has 2 aromatic carbocycles. The second-order valence-corrected chi connectivity index (χ2v) is 5.23. The molecule has 0 aromatic heterocycles. The molecule has 1 aliphatic heterocycles. The van der Waals surface area contributed by atoms with Crippen LogP contribution in [0.25, 0.3) is 0 Å². The third kappa shape index (κ3) is 3.73. The predicted molar refractivity (Wildman–Crippen MR) is 89.1 cm³/mol. The Labute approximate surface area is 140 Å². The lowest BCUT2D eigenvalue weighted by atomic mass is 10.0. The highest BCUT2D eigenvalue weighted by Crippen LogP contribution is 2.18. The lowest BCUT2D eigenvalue weighted by molar-refractivity contribution is 0.0965. The quantitative estimate of drug-likeness (QED) is 0.852. The van der Waals surface area contributed by atoms with Gasteiger partial charge in [-0.2, -0.15) is 0 Å². The SMILES string of the molecule is O=C(NCC#Cc1cccc2c1CNC2=O)OCc1ccccc1. The number of ether oxygens (including phenoxy) is 1. The van der Waals surface area contributed by atoms with Crippen molar-refractivity contribution in [3.05, 3.63) is 70.8 Å². The summed E-state index contributed by atoms with van der Waals surface area (Å²) >= 11 is 0. The van der Waals surface area contributed by atoms with Crippen molar-refractivity contribution in [3.63, 3.8) is 0 Å². The number of rotatable bonds is 3. The number of amides is 2. The van der Waals surface area contributed by atoms with E-state index in [-0.39, 0.29) is 19.1 Å². The normalized spacial score (nSPS) is 11.8. The molecule has 0 fully saturated rings. The molecule has 1 heterocycles. The van der Waals surface area contributed by atoms with Gasteiger partial charge in [-0.3, -0.25) is 4.79 Å². The average Bonchev–Trinajstić information content (AvgIpc) is 3.00. The fraction of sp³-hybridized carbons (Fsp3) is 0.158. The summed E-state index contributed by atoms with van der Waals surface area (Å²) in [5.41, 5.74) is 3.29. The Morgan fingerprint density at radius 2 is 2.00 bits per heavy atom. The smallest absolute Gasteiger partial charge is 0.408 e. The van der Waals surface area contributed by atoms with Crippen molar-refractivity contribution in [1.29, 1.82) is 0 Å². The van der Waals surface area contributed by atoms with Gasteiger partial charge in [0.25, 0.3) is 5.91 Å². The van der Waals surface area contributed by atoms with E-state index in [9.17, 15) is 9.59 Å². The summed E-state index contributed by atoms with van der Waals surface area (Å²) in [6, 6.07) is 14.9. The fourth-order valence-corrected chi connectivity index (χ4v) is 2.40. The lowest BCUT2D eigenvalue weighted by Gasteiger charge is -2.04. The van der Waals surface area contributed by atoms with Crippen LogP contribution in [0.5, 0.6) is 0 Å². The van der Waals surface area contributed by atoms with Crippen molar-refractivity contribution >= 4 is 12.0 Å². The summed E-state index contributed by atoms with van der Waals surface area (Å²) in [7, 11) is 0. The molecule has 0 aliphatic carbocycles. The maximum absolute atomic E-state index is 11.6. The maximum atomic E-state index is 11.6. The Hall–Kier alpha value is -3.26. The van der Waals surface area contributed by atoms with Gasteiger partial charge in [-0.25, -0.2) is 4.79 Å². The van der Waals surface area contributed by atoms with Gasteiger partial charge in [0, 0.05) is 17.7 Å². The summed E-state index contributed by atoms with van der Waals surface area (Å²) in [4.78, 5) is 23.2. The molecule has 5 heteroatoms. The fourth-order valence-electron chi connectivity index (χ4n) is 2.40. The standard InChI is InChI=1S/C19H16N2O3/c22-18-16-10-4-8-15(17(16)12-21-18)9-5-11-20-19(23)24-13-14-6-2-1-3-7-14/h1-4,6-8,10H,11-13H2,(H,20,23)(H,21,22). The van der Waals surface area contributed by atoms with Gasteiger partial charge >= 0.3 is 6.09 Å². The van der Waals surface area contributed by atoms with Crippen LogP contribution in [0.1, 0.15) is 27.0 Å². The molecule has 3 rings (SSSR count). The maximum Gasteiger partial charge on any atom is 0.408 e. The van der Waals surface area contributed by atoms with Crippen LogP contribution >= 0.6 is 0 Å².